The van der Waals surface area contributed by atoms with Gasteiger partial charge in [0.05, 0.1) is 46.8 Å². The molecule has 2 aromatic carbocycles. The molecule has 0 spiro atoms. The molecule has 0 amide bonds. The molecule has 0 saturated carbocycles. The van der Waals surface area contributed by atoms with Crippen molar-refractivity contribution in [3.05, 3.63) is 41.5 Å². The first kappa shape index (κ1) is 18.4. The zero-order valence-corrected chi connectivity index (χ0v) is 16.7. The molecule has 7 nitrogen and oxygen atoms in total. The van der Waals surface area contributed by atoms with Crippen LogP contribution in [0.3, 0.4) is 0 Å². The SMILES string of the molecule is COc1ccc(C2OC[C@@H]3C(c4cc(OC)c5c(c4)OCO5)OC[C@H]23)cc1OC. The Labute approximate surface area is 169 Å². The molecule has 3 aliphatic rings. The van der Waals surface area contributed by atoms with Gasteiger partial charge in [0.25, 0.3) is 0 Å². The van der Waals surface area contributed by atoms with Crippen LogP contribution in [0, 0.1) is 11.8 Å². The summed E-state index contributed by atoms with van der Waals surface area (Å²) in [6, 6.07) is 9.90. The van der Waals surface area contributed by atoms with E-state index in [2.05, 4.69) is 0 Å². The van der Waals surface area contributed by atoms with Crippen LogP contribution in [-0.4, -0.2) is 41.3 Å². The van der Waals surface area contributed by atoms with Gasteiger partial charge in [0.15, 0.2) is 23.0 Å². The summed E-state index contributed by atoms with van der Waals surface area (Å²) in [5.41, 5.74) is 2.10. The summed E-state index contributed by atoms with van der Waals surface area (Å²) in [5.74, 6) is 3.93. The zero-order valence-electron chi connectivity index (χ0n) is 16.7. The Morgan fingerprint density at radius 2 is 1.38 bits per heavy atom. The number of rotatable bonds is 5. The van der Waals surface area contributed by atoms with E-state index in [-0.39, 0.29) is 30.8 Å². The number of fused-ring (bicyclic) bond motifs is 2. The third-order valence-electron chi connectivity index (χ3n) is 6.01. The van der Waals surface area contributed by atoms with Gasteiger partial charge in [0.1, 0.15) is 0 Å². The van der Waals surface area contributed by atoms with Crippen molar-refractivity contribution in [2.45, 2.75) is 12.2 Å². The van der Waals surface area contributed by atoms with E-state index < -0.39 is 0 Å². The van der Waals surface area contributed by atoms with Gasteiger partial charge in [-0.1, -0.05) is 6.07 Å². The van der Waals surface area contributed by atoms with Gasteiger partial charge in [-0.2, -0.15) is 0 Å². The van der Waals surface area contributed by atoms with Gasteiger partial charge in [-0.05, 0) is 35.4 Å². The topological polar surface area (TPSA) is 64.6 Å². The lowest BCUT2D eigenvalue weighted by atomic mass is 9.85. The molecule has 0 aromatic heterocycles. The Morgan fingerprint density at radius 3 is 2.07 bits per heavy atom. The van der Waals surface area contributed by atoms with Crippen LogP contribution in [0.1, 0.15) is 23.3 Å². The lowest BCUT2D eigenvalue weighted by molar-refractivity contribution is 0.0191. The minimum absolute atomic E-state index is 0.0410. The summed E-state index contributed by atoms with van der Waals surface area (Å²) in [6.45, 7) is 1.47. The van der Waals surface area contributed by atoms with E-state index in [1.165, 1.54) is 0 Å². The van der Waals surface area contributed by atoms with Crippen molar-refractivity contribution in [1.29, 1.82) is 0 Å². The van der Waals surface area contributed by atoms with E-state index in [4.69, 9.17) is 33.2 Å². The molecule has 2 aromatic rings. The summed E-state index contributed by atoms with van der Waals surface area (Å²) < 4.78 is 39.8. The maximum absolute atomic E-state index is 6.23. The standard InChI is InChI=1S/C22H24O7/c1-23-16-5-4-12(6-17(16)24-2)20-14-9-27-21(15(14)10-26-20)13-7-18(25-3)22-19(8-13)28-11-29-22/h4-8,14-15,20-21H,9-11H2,1-3H3/t14-,15-,20?,21?/m0/s1. The average molecular weight is 400 g/mol. The lowest BCUT2D eigenvalue weighted by Crippen LogP contribution is -2.14. The smallest absolute Gasteiger partial charge is 0.231 e. The molecule has 4 atom stereocenters. The first-order valence-electron chi connectivity index (χ1n) is 9.66. The Bertz CT molecular complexity index is 912. The monoisotopic (exact) mass is 400 g/mol. The van der Waals surface area contributed by atoms with E-state index in [0.29, 0.717) is 42.0 Å². The highest BCUT2D eigenvalue weighted by Crippen LogP contribution is 2.53. The zero-order chi connectivity index (χ0) is 20.0. The number of methoxy groups -OCH3 is 3. The van der Waals surface area contributed by atoms with Crippen LogP contribution in [0.25, 0.3) is 0 Å². The molecular weight excluding hydrogens is 376 g/mol. The van der Waals surface area contributed by atoms with Gasteiger partial charge in [-0.25, -0.2) is 0 Å². The maximum atomic E-state index is 6.23. The van der Waals surface area contributed by atoms with Gasteiger partial charge in [-0.15, -0.1) is 0 Å². The molecular formula is C22H24O7. The molecule has 2 fully saturated rings. The third kappa shape index (κ3) is 2.96. The van der Waals surface area contributed by atoms with Crippen LogP contribution in [-0.2, 0) is 9.47 Å². The fourth-order valence-electron chi connectivity index (χ4n) is 4.58. The molecule has 29 heavy (non-hydrogen) atoms. The van der Waals surface area contributed by atoms with Gasteiger partial charge in [0, 0.05) is 11.8 Å². The quantitative estimate of drug-likeness (QED) is 0.761. The fourth-order valence-corrected chi connectivity index (χ4v) is 4.58. The minimum Gasteiger partial charge on any atom is -0.493 e. The normalized spacial score (nSPS) is 27.0. The number of hydrogen-bond donors (Lipinski definition) is 0. The van der Waals surface area contributed by atoms with E-state index in [1.807, 2.05) is 30.3 Å². The van der Waals surface area contributed by atoms with E-state index in [0.717, 1.165) is 11.1 Å². The molecule has 2 unspecified atom stereocenters. The van der Waals surface area contributed by atoms with Crippen LogP contribution in [0.5, 0.6) is 28.7 Å². The van der Waals surface area contributed by atoms with E-state index in [1.54, 1.807) is 21.3 Å². The predicted molar refractivity (Wildman–Crippen MR) is 103 cm³/mol. The molecule has 3 heterocycles. The van der Waals surface area contributed by atoms with Gasteiger partial charge in [-0.3, -0.25) is 0 Å². The first-order valence-corrected chi connectivity index (χ1v) is 9.66. The van der Waals surface area contributed by atoms with Crippen molar-refractivity contribution in [2.24, 2.45) is 11.8 Å². The average Bonchev–Trinajstić information content (AvgIpc) is 3.48. The van der Waals surface area contributed by atoms with E-state index in [9.17, 15) is 0 Å². The summed E-state index contributed by atoms with van der Waals surface area (Å²) in [5, 5.41) is 0. The van der Waals surface area contributed by atoms with Crippen molar-refractivity contribution in [1.82, 2.24) is 0 Å². The van der Waals surface area contributed by atoms with Crippen LogP contribution in [0.4, 0.5) is 0 Å². The Kier molecular flexibility index (Phi) is 4.64. The van der Waals surface area contributed by atoms with Crippen LogP contribution in [0.2, 0.25) is 0 Å². The van der Waals surface area contributed by atoms with Gasteiger partial charge >= 0.3 is 0 Å². The molecule has 0 bridgehead atoms. The molecule has 3 aliphatic heterocycles. The Hall–Kier alpha value is -2.64. The van der Waals surface area contributed by atoms with Gasteiger partial charge in [0.2, 0.25) is 12.5 Å². The summed E-state index contributed by atoms with van der Waals surface area (Å²) in [6.07, 6.45) is -0.116. The molecule has 2 saturated heterocycles. The second-order valence-electron chi connectivity index (χ2n) is 7.41. The fraction of sp³-hybridized carbons (Fsp3) is 0.455. The van der Waals surface area contributed by atoms with Crippen LogP contribution < -0.4 is 23.7 Å². The highest BCUT2D eigenvalue weighted by atomic mass is 16.7. The van der Waals surface area contributed by atoms with Crippen molar-refractivity contribution in [2.75, 3.05) is 41.3 Å². The van der Waals surface area contributed by atoms with Crippen LogP contribution in [0.15, 0.2) is 30.3 Å². The Morgan fingerprint density at radius 1 is 0.724 bits per heavy atom. The lowest BCUT2D eigenvalue weighted by Gasteiger charge is -2.18. The molecule has 154 valence electrons. The number of ether oxygens (including phenoxy) is 7. The predicted octanol–water partition coefficient (Wildman–Crippen LogP) is 3.52. The van der Waals surface area contributed by atoms with E-state index >= 15 is 0 Å². The first-order chi connectivity index (χ1) is 14.2. The molecule has 0 N–H and O–H groups in total. The number of benzene rings is 2. The summed E-state index contributed by atoms with van der Waals surface area (Å²) >= 11 is 0. The van der Waals surface area contributed by atoms with Crippen molar-refractivity contribution < 1.29 is 33.2 Å². The van der Waals surface area contributed by atoms with Crippen molar-refractivity contribution in [3.63, 3.8) is 0 Å². The van der Waals surface area contributed by atoms with Crippen LogP contribution >= 0.6 is 0 Å². The Balaban J connectivity index is 1.41. The third-order valence-corrected chi connectivity index (χ3v) is 6.01. The largest absolute Gasteiger partial charge is 0.493 e. The second-order valence-corrected chi connectivity index (χ2v) is 7.41. The van der Waals surface area contributed by atoms with Crippen molar-refractivity contribution >= 4 is 0 Å². The highest BCUT2D eigenvalue weighted by Gasteiger charge is 2.48. The molecule has 0 radical (unpaired) electrons. The minimum atomic E-state index is -0.0754. The maximum Gasteiger partial charge on any atom is 0.231 e. The summed E-state index contributed by atoms with van der Waals surface area (Å²) in [4.78, 5) is 0. The highest BCUT2D eigenvalue weighted by molar-refractivity contribution is 5.55. The molecule has 5 rings (SSSR count). The van der Waals surface area contributed by atoms with Crippen molar-refractivity contribution in [3.8, 4) is 28.7 Å². The molecule has 0 aliphatic carbocycles. The van der Waals surface area contributed by atoms with Gasteiger partial charge < -0.3 is 33.2 Å². The molecule has 7 heteroatoms. The summed E-state index contributed by atoms with van der Waals surface area (Å²) in [7, 11) is 4.90. The second kappa shape index (κ2) is 7.31. The number of hydrogen-bond acceptors (Lipinski definition) is 7.